The third-order valence-electron chi connectivity index (χ3n) is 7.04. The van der Waals surface area contributed by atoms with Gasteiger partial charge in [0.2, 0.25) is 5.82 Å². The molecule has 0 unspecified atom stereocenters. The Morgan fingerprint density at radius 1 is 0.977 bits per heavy atom. The number of methoxy groups -OCH3 is 1. The molecule has 8 nitrogen and oxygen atoms in total. The van der Waals surface area contributed by atoms with E-state index in [1.165, 1.54) is 36.1 Å². The van der Waals surface area contributed by atoms with Gasteiger partial charge in [-0.25, -0.2) is 14.5 Å². The number of fused-ring (bicyclic) bond motifs is 1. The van der Waals surface area contributed by atoms with Crippen molar-refractivity contribution in [2.24, 2.45) is 10.5 Å². The number of nitrogens with one attached hydrogen (secondary N) is 1. The maximum absolute atomic E-state index is 14.8. The second-order valence-electron chi connectivity index (χ2n) is 10.3. The largest absolute Gasteiger partial charge is 0.495 e. The smallest absolute Gasteiger partial charge is 0.425 e. The summed E-state index contributed by atoms with van der Waals surface area (Å²) in [7, 11) is 1.37. The number of aromatic nitrogens is 2. The van der Waals surface area contributed by atoms with E-state index in [4.69, 9.17) is 9.47 Å². The first-order valence-corrected chi connectivity index (χ1v) is 13.9. The Hall–Kier alpha value is -4.33. The summed E-state index contributed by atoms with van der Waals surface area (Å²) in [6.07, 6.45) is -3.80. The van der Waals surface area contributed by atoms with Crippen molar-refractivity contribution >= 4 is 33.0 Å². The normalized spacial score (nSPS) is 14.6. The first kappa shape index (κ1) is 30.1. The molecule has 14 heteroatoms. The zero-order valence-electron chi connectivity index (χ0n) is 23.1. The molecular weight excluding hydrogens is 595 g/mol. The van der Waals surface area contributed by atoms with Gasteiger partial charge in [-0.2, -0.15) is 27.8 Å². The van der Waals surface area contributed by atoms with E-state index in [1.54, 1.807) is 26.0 Å². The second-order valence-corrected chi connectivity index (χ2v) is 11.3. The van der Waals surface area contributed by atoms with Gasteiger partial charge < -0.3 is 9.47 Å². The van der Waals surface area contributed by atoms with Gasteiger partial charge in [0.15, 0.2) is 11.6 Å². The third-order valence-corrected chi connectivity index (χ3v) is 8.24. The summed E-state index contributed by atoms with van der Waals surface area (Å²) in [5, 5.41) is 8.50. The van der Waals surface area contributed by atoms with Crippen LogP contribution < -0.4 is 20.5 Å². The number of amides is 1. The van der Waals surface area contributed by atoms with Crippen molar-refractivity contribution in [2.45, 2.75) is 39.4 Å². The number of unbranched alkanes of at least 4 members (excludes halogenated alkanes) is 1. The highest BCUT2D eigenvalue weighted by molar-refractivity contribution is 7.19. The fraction of sp³-hybridized carbons (Fsp3) is 0.310. The maximum Gasteiger partial charge on any atom is 0.425 e. The highest BCUT2D eigenvalue weighted by atomic mass is 32.1. The van der Waals surface area contributed by atoms with Crippen LogP contribution in [-0.4, -0.2) is 35.1 Å². The Balaban J connectivity index is 1.26. The molecule has 1 N–H and O–H groups in total. The zero-order valence-corrected chi connectivity index (χ0v) is 24.0. The van der Waals surface area contributed by atoms with Gasteiger partial charge in [0.1, 0.15) is 10.6 Å². The van der Waals surface area contributed by atoms with E-state index < -0.39 is 39.6 Å². The Labute approximate surface area is 245 Å². The summed E-state index contributed by atoms with van der Waals surface area (Å²) >= 11 is 0.565. The fourth-order valence-electron chi connectivity index (χ4n) is 4.64. The first-order valence-electron chi connectivity index (χ1n) is 13.1. The van der Waals surface area contributed by atoms with Crippen molar-refractivity contribution in [2.75, 3.05) is 13.7 Å². The minimum absolute atomic E-state index is 0.00482. The maximum atomic E-state index is 14.8. The predicted octanol–water partition coefficient (Wildman–Crippen LogP) is 6.15. The number of carbonyl (C=O) groups excluding carboxylic acids is 1. The number of benzene rings is 2. The Morgan fingerprint density at radius 3 is 2.37 bits per heavy atom. The highest BCUT2D eigenvalue weighted by Crippen LogP contribution is 2.44. The molecule has 3 heterocycles. The lowest BCUT2D eigenvalue weighted by Crippen LogP contribution is -2.33. The Kier molecular flexibility index (Phi) is 7.99. The van der Waals surface area contributed by atoms with Crippen molar-refractivity contribution in [1.82, 2.24) is 15.2 Å². The van der Waals surface area contributed by atoms with Gasteiger partial charge in [-0.3, -0.25) is 9.59 Å². The van der Waals surface area contributed by atoms with Crippen LogP contribution in [0, 0.1) is 17.0 Å². The summed E-state index contributed by atoms with van der Waals surface area (Å²) in [6, 6.07) is 9.46. The fourth-order valence-corrected chi connectivity index (χ4v) is 5.68. The van der Waals surface area contributed by atoms with Crippen molar-refractivity contribution in [3.05, 3.63) is 74.9 Å². The minimum Gasteiger partial charge on any atom is -0.495 e. The molecule has 0 bridgehead atoms. The van der Waals surface area contributed by atoms with Crippen molar-refractivity contribution in [3.63, 3.8) is 0 Å². The number of hydrogen-bond acceptors (Lipinski definition) is 7. The van der Waals surface area contributed by atoms with Crippen molar-refractivity contribution in [1.29, 1.82) is 0 Å². The summed E-state index contributed by atoms with van der Waals surface area (Å²) in [4.78, 5) is 23.6. The molecule has 1 amide bonds. The van der Waals surface area contributed by atoms with Gasteiger partial charge in [0.25, 0.3) is 11.5 Å². The van der Waals surface area contributed by atoms with Gasteiger partial charge in [-0.1, -0.05) is 0 Å². The predicted molar refractivity (Wildman–Crippen MR) is 150 cm³/mol. The SMILES string of the molecule is COc1ccc(-c2ccc(=O)n(CCCCOc3ccc(C4=NNC(=O)C4(C)C)c(F)c3F)n2)c2cc(C(F)(F)F)sc12. The van der Waals surface area contributed by atoms with Crippen LogP contribution in [0.3, 0.4) is 0 Å². The number of aryl methyl sites for hydroxylation is 1. The lowest BCUT2D eigenvalue weighted by atomic mass is 9.83. The minimum atomic E-state index is -4.53. The molecule has 0 fully saturated rings. The molecule has 0 radical (unpaired) electrons. The lowest BCUT2D eigenvalue weighted by Gasteiger charge is -2.18. The van der Waals surface area contributed by atoms with Crippen LogP contribution in [0.1, 0.15) is 37.1 Å². The van der Waals surface area contributed by atoms with E-state index in [-0.39, 0.29) is 30.2 Å². The number of alkyl halides is 3. The second kappa shape index (κ2) is 11.4. The van der Waals surface area contributed by atoms with Crippen molar-refractivity contribution < 1.29 is 36.2 Å². The van der Waals surface area contributed by atoms with Crippen LogP contribution in [0.5, 0.6) is 11.5 Å². The lowest BCUT2D eigenvalue weighted by molar-refractivity contribution is -0.134. The van der Waals surface area contributed by atoms with Gasteiger partial charge in [-0.05, 0) is 63.1 Å². The molecule has 1 aliphatic rings. The molecular formula is C29H25F5N4O4S. The molecule has 0 atom stereocenters. The number of halogens is 5. The number of hydrazone groups is 1. The summed E-state index contributed by atoms with van der Waals surface area (Å²) in [5.41, 5.74) is 1.37. The molecule has 2 aromatic heterocycles. The highest BCUT2D eigenvalue weighted by Gasteiger charge is 2.41. The van der Waals surface area contributed by atoms with E-state index in [2.05, 4.69) is 15.6 Å². The van der Waals surface area contributed by atoms with Gasteiger partial charge in [0.05, 0.1) is 35.2 Å². The van der Waals surface area contributed by atoms with E-state index >= 15 is 0 Å². The molecule has 226 valence electrons. The van der Waals surface area contributed by atoms with Crippen LogP contribution >= 0.6 is 11.3 Å². The van der Waals surface area contributed by atoms with E-state index in [1.807, 2.05) is 0 Å². The molecule has 4 aromatic rings. The van der Waals surface area contributed by atoms with E-state index in [0.29, 0.717) is 51.3 Å². The molecule has 2 aromatic carbocycles. The molecule has 5 rings (SSSR count). The number of thiophene rings is 1. The number of rotatable bonds is 9. The van der Waals surface area contributed by atoms with Gasteiger partial charge in [-0.15, -0.1) is 11.3 Å². The molecule has 1 aliphatic heterocycles. The monoisotopic (exact) mass is 620 g/mol. The average molecular weight is 621 g/mol. The van der Waals surface area contributed by atoms with Crippen LogP contribution in [0.2, 0.25) is 0 Å². The molecule has 43 heavy (non-hydrogen) atoms. The number of ether oxygens (including phenoxy) is 2. The summed E-state index contributed by atoms with van der Waals surface area (Å²) in [5.74, 6) is -2.85. The van der Waals surface area contributed by atoms with Crippen LogP contribution in [0.4, 0.5) is 22.0 Å². The van der Waals surface area contributed by atoms with Crippen molar-refractivity contribution in [3.8, 4) is 22.8 Å². The average Bonchev–Trinajstić information content (AvgIpc) is 3.53. The number of hydrogen-bond donors (Lipinski definition) is 1. The Bertz CT molecular complexity index is 1810. The number of carbonyl (C=O) groups is 1. The van der Waals surface area contributed by atoms with Crippen LogP contribution in [0.15, 0.2) is 52.4 Å². The molecule has 0 saturated carbocycles. The zero-order chi connectivity index (χ0) is 31.1. The van der Waals surface area contributed by atoms with Crippen LogP contribution in [0.25, 0.3) is 21.3 Å². The third kappa shape index (κ3) is 5.70. The topological polar surface area (TPSA) is 94.8 Å². The Morgan fingerprint density at radius 2 is 1.70 bits per heavy atom. The van der Waals surface area contributed by atoms with Crippen LogP contribution in [-0.2, 0) is 17.5 Å². The van der Waals surface area contributed by atoms with Gasteiger partial charge >= 0.3 is 6.18 Å². The standard InChI is InChI=1S/C29H25F5N4O4S/c1-28(2)26(35-36-27(28)40)16-7-9-19(24(31)23(16)30)42-13-5-4-12-38-22(39)11-8-18(37-38)15-6-10-20(41-3)25-17(15)14-21(43-25)29(32,33)34/h6-11,14H,4-5,12-13H2,1-3H3,(H,36,40). The molecule has 0 aliphatic carbocycles. The first-order chi connectivity index (χ1) is 20.3. The van der Waals surface area contributed by atoms with E-state index in [9.17, 15) is 31.5 Å². The summed E-state index contributed by atoms with van der Waals surface area (Å²) in [6.45, 7) is 3.26. The quantitative estimate of drug-likeness (QED) is 0.179. The molecule has 0 saturated heterocycles. The number of nitrogens with zero attached hydrogens (tertiary/aromatic N) is 3. The van der Waals surface area contributed by atoms with Gasteiger partial charge in [0, 0.05) is 29.1 Å². The van der Waals surface area contributed by atoms with E-state index in [0.717, 1.165) is 6.07 Å². The summed E-state index contributed by atoms with van der Waals surface area (Å²) < 4.78 is 82.0. The molecule has 0 spiro atoms.